The Balaban J connectivity index is 2.04. The smallest absolute Gasteiger partial charge is 0.407 e. The van der Waals surface area contributed by atoms with Gasteiger partial charge in [0.2, 0.25) is 0 Å². The van der Waals surface area contributed by atoms with E-state index in [9.17, 15) is 14.7 Å². The fourth-order valence-corrected chi connectivity index (χ4v) is 3.13. The zero-order valence-corrected chi connectivity index (χ0v) is 16.0. The molecule has 0 spiro atoms. The Bertz CT molecular complexity index is 631. The minimum atomic E-state index is -0.961. The van der Waals surface area contributed by atoms with Crippen LogP contribution in [0.5, 0.6) is 5.75 Å². The molecule has 0 saturated heterocycles. The predicted octanol–water partition coefficient (Wildman–Crippen LogP) is 3.63. The van der Waals surface area contributed by atoms with E-state index in [1.54, 1.807) is 27.9 Å². The highest BCUT2D eigenvalue weighted by Crippen LogP contribution is 2.48. The van der Waals surface area contributed by atoms with Crippen molar-refractivity contribution in [3.63, 3.8) is 0 Å². The van der Waals surface area contributed by atoms with Crippen molar-refractivity contribution in [2.24, 2.45) is 11.3 Å². The highest BCUT2D eigenvalue weighted by atomic mass is 16.6. The summed E-state index contributed by atoms with van der Waals surface area (Å²) in [5.41, 5.74) is -0.524. The number of carboxylic acid groups (broad SMARTS) is 1. The van der Waals surface area contributed by atoms with Crippen molar-refractivity contribution in [1.29, 1.82) is 0 Å². The van der Waals surface area contributed by atoms with Crippen LogP contribution in [-0.2, 0) is 16.0 Å². The zero-order chi connectivity index (χ0) is 19.4. The second-order valence-corrected chi connectivity index (χ2v) is 7.94. The third-order valence-corrected chi connectivity index (χ3v) is 4.75. The van der Waals surface area contributed by atoms with Crippen LogP contribution in [0.1, 0.15) is 45.6 Å². The number of ether oxygens (including phenoxy) is 2. The summed E-state index contributed by atoms with van der Waals surface area (Å²) in [6, 6.07) is 7.63. The molecule has 0 bridgehead atoms. The average Bonchev–Trinajstić information content (AvgIpc) is 3.39. The first-order valence-electron chi connectivity index (χ1n) is 8.99. The molecular formula is C20H29NO5. The summed E-state index contributed by atoms with van der Waals surface area (Å²) in [5.74, 6) is 0.00443. The Morgan fingerprint density at radius 3 is 2.27 bits per heavy atom. The van der Waals surface area contributed by atoms with Crippen molar-refractivity contribution in [2.45, 2.75) is 52.1 Å². The van der Waals surface area contributed by atoms with E-state index in [-0.39, 0.29) is 12.5 Å². The fourth-order valence-electron chi connectivity index (χ4n) is 3.13. The molecule has 1 aromatic carbocycles. The molecule has 6 heteroatoms. The van der Waals surface area contributed by atoms with Crippen molar-refractivity contribution in [2.75, 3.05) is 13.7 Å². The fraction of sp³-hybridized carbons (Fsp3) is 0.600. The van der Waals surface area contributed by atoms with Crippen molar-refractivity contribution >= 4 is 12.1 Å². The van der Waals surface area contributed by atoms with Crippen LogP contribution in [0.4, 0.5) is 4.79 Å². The molecule has 0 aliphatic heterocycles. The van der Waals surface area contributed by atoms with Crippen LogP contribution >= 0.6 is 0 Å². The summed E-state index contributed by atoms with van der Waals surface area (Å²) in [7, 11) is 1.61. The number of amides is 1. The summed E-state index contributed by atoms with van der Waals surface area (Å²) in [6.07, 6.45) is 2.28. The first-order chi connectivity index (χ1) is 12.2. The number of alkyl carbamates (subject to hydrolysis) is 1. The van der Waals surface area contributed by atoms with E-state index < -0.39 is 23.1 Å². The van der Waals surface area contributed by atoms with Crippen molar-refractivity contribution in [3.05, 3.63) is 29.8 Å². The van der Waals surface area contributed by atoms with Gasteiger partial charge in [0, 0.05) is 6.54 Å². The van der Waals surface area contributed by atoms with Crippen LogP contribution in [-0.4, -0.2) is 36.4 Å². The third-order valence-electron chi connectivity index (χ3n) is 4.75. The number of hydrogen-bond acceptors (Lipinski definition) is 4. The van der Waals surface area contributed by atoms with Gasteiger partial charge in [0.1, 0.15) is 11.4 Å². The molecule has 1 aromatic rings. The highest BCUT2D eigenvalue weighted by molar-refractivity contribution is 5.77. The summed E-state index contributed by atoms with van der Waals surface area (Å²) in [6.45, 7) is 5.42. The lowest BCUT2D eigenvalue weighted by atomic mass is 9.77. The quantitative estimate of drug-likeness (QED) is 0.737. The van der Waals surface area contributed by atoms with Gasteiger partial charge in [-0.2, -0.15) is 0 Å². The molecule has 26 heavy (non-hydrogen) atoms. The molecule has 1 saturated carbocycles. The molecular weight excluding hydrogens is 334 g/mol. The summed E-state index contributed by atoms with van der Waals surface area (Å²) in [4.78, 5) is 24.1. The second kappa shape index (κ2) is 7.98. The molecule has 1 unspecified atom stereocenters. The van der Waals surface area contributed by atoms with Gasteiger partial charge in [0.15, 0.2) is 0 Å². The minimum absolute atomic E-state index is 0.0814. The van der Waals surface area contributed by atoms with E-state index in [1.165, 1.54) is 0 Å². The number of aliphatic carboxylic acids is 1. The van der Waals surface area contributed by atoms with Gasteiger partial charge in [0.05, 0.1) is 12.5 Å². The number of carbonyl (C=O) groups excluding carboxylic acids is 1. The molecule has 0 radical (unpaired) electrons. The van der Waals surface area contributed by atoms with Crippen LogP contribution in [0.25, 0.3) is 0 Å². The largest absolute Gasteiger partial charge is 0.497 e. The number of nitrogens with one attached hydrogen (secondary N) is 1. The summed E-state index contributed by atoms with van der Waals surface area (Å²) < 4.78 is 10.4. The molecule has 1 atom stereocenters. The Morgan fingerprint density at radius 1 is 1.19 bits per heavy atom. The molecule has 0 aromatic heterocycles. The number of rotatable bonds is 8. The van der Waals surface area contributed by atoms with Gasteiger partial charge in [-0.05, 0) is 70.1 Å². The van der Waals surface area contributed by atoms with Crippen LogP contribution < -0.4 is 10.1 Å². The topological polar surface area (TPSA) is 84.9 Å². The second-order valence-electron chi connectivity index (χ2n) is 7.94. The van der Waals surface area contributed by atoms with E-state index in [1.807, 2.05) is 24.3 Å². The Morgan fingerprint density at radius 2 is 1.81 bits per heavy atom. The number of aryl methyl sites for hydroxylation is 1. The van der Waals surface area contributed by atoms with Crippen molar-refractivity contribution in [1.82, 2.24) is 5.32 Å². The summed E-state index contributed by atoms with van der Waals surface area (Å²) >= 11 is 0. The van der Waals surface area contributed by atoms with E-state index in [0.29, 0.717) is 12.8 Å². The first kappa shape index (κ1) is 20.1. The molecule has 1 aliphatic carbocycles. The van der Waals surface area contributed by atoms with E-state index in [0.717, 1.165) is 24.2 Å². The molecule has 1 fully saturated rings. The maximum Gasteiger partial charge on any atom is 0.407 e. The minimum Gasteiger partial charge on any atom is -0.497 e. The van der Waals surface area contributed by atoms with E-state index in [2.05, 4.69) is 5.32 Å². The van der Waals surface area contributed by atoms with Crippen LogP contribution in [0.15, 0.2) is 24.3 Å². The number of carbonyl (C=O) groups is 2. The normalized spacial score (nSPS) is 16.5. The SMILES string of the molecule is COc1ccc(CCC(CNC(=O)OC(C)(C)C)(C(=O)O)C2CC2)cc1. The lowest BCUT2D eigenvalue weighted by Crippen LogP contribution is -2.46. The lowest BCUT2D eigenvalue weighted by molar-refractivity contribution is -0.150. The average molecular weight is 363 g/mol. The molecule has 0 heterocycles. The molecule has 2 rings (SSSR count). The zero-order valence-electron chi connectivity index (χ0n) is 16.0. The number of hydrogen-bond donors (Lipinski definition) is 2. The van der Waals surface area contributed by atoms with Crippen LogP contribution in [0.2, 0.25) is 0 Å². The molecule has 6 nitrogen and oxygen atoms in total. The van der Waals surface area contributed by atoms with Gasteiger partial charge in [-0.3, -0.25) is 4.79 Å². The Hall–Kier alpha value is -2.24. The number of carboxylic acids is 1. The maximum absolute atomic E-state index is 12.1. The van der Waals surface area contributed by atoms with Gasteiger partial charge in [-0.25, -0.2) is 4.79 Å². The number of methoxy groups -OCH3 is 1. The summed E-state index contributed by atoms with van der Waals surface area (Å²) in [5, 5.41) is 12.6. The first-order valence-corrected chi connectivity index (χ1v) is 8.99. The van der Waals surface area contributed by atoms with Gasteiger partial charge in [-0.15, -0.1) is 0 Å². The van der Waals surface area contributed by atoms with Gasteiger partial charge < -0.3 is 19.9 Å². The Labute approximate surface area is 154 Å². The van der Waals surface area contributed by atoms with Gasteiger partial charge in [-0.1, -0.05) is 12.1 Å². The third kappa shape index (κ3) is 5.38. The maximum atomic E-state index is 12.1. The van der Waals surface area contributed by atoms with Gasteiger partial charge >= 0.3 is 12.1 Å². The highest BCUT2D eigenvalue weighted by Gasteiger charge is 2.51. The number of benzene rings is 1. The van der Waals surface area contributed by atoms with Gasteiger partial charge in [0.25, 0.3) is 0 Å². The van der Waals surface area contributed by atoms with Crippen molar-refractivity contribution < 1.29 is 24.2 Å². The van der Waals surface area contributed by atoms with Crippen LogP contribution in [0, 0.1) is 11.3 Å². The molecule has 1 aliphatic rings. The molecule has 1 amide bonds. The monoisotopic (exact) mass is 363 g/mol. The Kier molecular flexibility index (Phi) is 6.16. The van der Waals surface area contributed by atoms with Crippen molar-refractivity contribution in [3.8, 4) is 5.75 Å². The standard InChI is InChI=1S/C20H29NO5/c1-19(2,3)26-18(24)21-13-20(17(22)23,15-7-8-15)12-11-14-5-9-16(25-4)10-6-14/h5-6,9-10,15H,7-8,11-13H2,1-4H3,(H,21,24)(H,22,23). The predicted molar refractivity (Wildman–Crippen MR) is 98.3 cm³/mol. The molecule has 2 N–H and O–H groups in total. The van der Waals surface area contributed by atoms with E-state index in [4.69, 9.17) is 9.47 Å². The van der Waals surface area contributed by atoms with Crippen LogP contribution in [0.3, 0.4) is 0 Å². The lowest BCUT2D eigenvalue weighted by Gasteiger charge is -2.30. The molecule has 144 valence electrons. The van der Waals surface area contributed by atoms with E-state index >= 15 is 0 Å².